The molecule has 1 aliphatic rings. The number of ether oxygens (including phenoxy) is 1. The van der Waals surface area contributed by atoms with Crippen molar-refractivity contribution in [1.29, 1.82) is 0 Å². The lowest BCUT2D eigenvalue weighted by Crippen LogP contribution is -2.39. The number of carbonyl (C=O) groups is 2. The van der Waals surface area contributed by atoms with Crippen molar-refractivity contribution < 1.29 is 27.5 Å². The number of piperidine rings is 1. The number of hydrogen-bond donors (Lipinski definition) is 2. The van der Waals surface area contributed by atoms with Gasteiger partial charge in [-0.3, -0.25) is 4.79 Å². The number of fused-ring (bicyclic) bond motifs is 1. The van der Waals surface area contributed by atoms with Crippen LogP contribution in [0.4, 0.5) is 30.5 Å². The molecule has 1 fully saturated rings. The summed E-state index contributed by atoms with van der Waals surface area (Å²) in [5.41, 5.74) is 2.30. The molecule has 13 heteroatoms. The first-order valence-corrected chi connectivity index (χ1v) is 15.4. The van der Waals surface area contributed by atoms with Crippen LogP contribution < -0.4 is 15.5 Å². The van der Waals surface area contributed by atoms with Crippen molar-refractivity contribution in [2.45, 2.75) is 67.1 Å². The van der Waals surface area contributed by atoms with Gasteiger partial charge in [-0.2, -0.15) is 13.2 Å². The number of aryl methyl sites for hydroxylation is 1. The van der Waals surface area contributed by atoms with Gasteiger partial charge in [0.2, 0.25) is 11.9 Å². The smallest absolute Gasteiger partial charge is 0.391 e. The zero-order valence-corrected chi connectivity index (χ0v) is 27.6. The number of hydrogen-bond acceptors (Lipinski definition) is 6. The van der Waals surface area contributed by atoms with Gasteiger partial charge in [0, 0.05) is 32.1 Å². The van der Waals surface area contributed by atoms with Crippen molar-refractivity contribution in [2.75, 3.05) is 29.9 Å². The van der Waals surface area contributed by atoms with Gasteiger partial charge >= 0.3 is 12.1 Å². The summed E-state index contributed by atoms with van der Waals surface area (Å²) in [6, 6.07) is 6.73. The SMILES string of the molecule is CC.CCOC(=O)c1cc2nc(Nc3c(Cl)ccc(CNC(=O)C(C)(C)C)c3Cl)n(C)c2cc1N1CCC(C(F)(F)F)CC1. The van der Waals surface area contributed by atoms with Gasteiger partial charge in [0.25, 0.3) is 0 Å². The minimum atomic E-state index is -4.25. The first-order valence-electron chi connectivity index (χ1n) is 14.6. The molecule has 3 aromatic rings. The van der Waals surface area contributed by atoms with Crippen LogP contribution in [0, 0.1) is 11.3 Å². The number of rotatable bonds is 7. The average Bonchev–Trinajstić information content (AvgIpc) is 3.28. The molecule has 242 valence electrons. The van der Waals surface area contributed by atoms with E-state index < -0.39 is 23.5 Å². The number of halogens is 5. The van der Waals surface area contributed by atoms with Crippen LogP contribution in [0.2, 0.25) is 10.0 Å². The number of alkyl halides is 3. The van der Waals surface area contributed by atoms with E-state index in [9.17, 15) is 22.8 Å². The fourth-order valence-electron chi connectivity index (χ4n) is 4.82. The highest BCUT2D eigenvalue weighted by atomic mass is 35.5. The van der Waals surface area contributed by atoms with Crippen molar-refractivity contribution in [3.63, 3.8) is 0 Å². The summed E-state index contributed by atoms with van der Waals surface area (Å²) in [7, 11) is 1.76. The maximum absolute atomic E-state index is 13.3. The number of anilines is 3. The number of benzene rings is 2. The fraction of sp³-hybridized carbons (Fsp3) is 0.516. The third kappa shape index (κ3) is 7.90. The van der Waals surface area contributed by atoms with Crippen molar-refractivity contribution >= 4 is 63.4 Å². The standard InChI is InChI=1S/C29H34Cl2F3N5O3.C2H6/c1-6-42-25(40)18-13-20-22(14-21(18)39-11-9-17(10-12-39)29(32,33)34)38(5)27(36-20)37-24-19(30)8-7-16(23(24)31)15-35-26(41)28(2,3)4;1-2/h7-8,13-14,17H,6,9-12,15H2,1-5H3,(H,35,41)(H,36,37);1-2H3. The van der Waals surface area contributed by atoms with E-state index in [1.54, 1.807) is 47.7 Å². The summed E-state index contributed by atoms with van der Waals surface area (Å²) >= 11 is 13.2. The van der Waals surface area contributed by atoms with E-state index in [-0.39, 0.29) is 50.6 Å². The van der Waals surface area contributed by atoms with Gasteiger partial charge < -0.3 is 24.8 Å². The Bertz CT molecular complexity index is 1490. The Morgan fingerprint density at radius 2 is 1.73 bits per heavy atom. The van der Waals surface area contributed by atoms with Crippen LogP contribution in [0.3, 0.4) is 0 Å². The molecule has 2 N–H and O–H groups in total. The largest absolute Gasteiger partial charge is 0.462 e. The van der Waals surface area contributed by atoms with E-state index in [0.29, 0.717) is 44.0 Å². The average molecular weight is 659 g/mol. The van der Waals surface area contributed by atoms with E-state index in [2.05, 4.69) is 15.6 Å². The molecule has 1 amide bonds. The lowest BCUT2D eigenvalue weighted by molar-refractivity contribution is -0.179. The van der Waals surface area contributed by atoms with Crippen molar-refractivity contribution in [2.24, 2.45) is 18.4 Å². The number of carbonyl (C=O) groups excluding carboxylic acids is 2. The summed E-state index contributed by atoms with van der Waals surface area (Å²) in [5, 5.41) is 6.69. The maximum atomic E-state index is 13.3. The maximum Gasteiger partial charge on any atom is 0.391 e. The lowest BCUT2D eigenvalue weighted by Gasteiger charge is -2.35. The summed E-state index contributed by atoms with van der Waals surface area (Å²) < 4.78 is 46.8. The molecule has 2 aromatic carbocycles. The summed E-state index contributed by atoms with van der Waals surface area (Å²) in [6.45, 7) is 11.8. The van der Waals surface area contributed by atoms with E-state index in [1.165, 1.54) is 0 Å². The molecule has 1 aliphatic heterocycles. The molecule has 0 bridgehead atoms. The van der Waals surface area contributed by atoms with Gasteiger partial charge in [-0.25, -0.2) is 9.78 Å². The normalized spacial score (nSPS) is 14.2. The number of aromatic nitrogens is 2. The number of esters is 1. The minimum absolute atomic E-state index is 0.0639. The second-order valence-electron chi connectivity index (χ2n) is 11.3. The molecule has 44 heavy (non-hydrogen) atoms. The van der Waals surface area contributed by atoms with Crippen LogP contribution in [0.1, 0.15) is 70.3 Å². The van der Waals surface area contributed by atoms with E-state index in [4.69, 9.17) is 27.9 Å². The van der Waals surface area contributed by atoms with Crippen LogP contribution in [-0.2, 0) is 23.1 Å². The Morgan fingerprint density at radius 1 is 1.09 bits per heavy atom. The third-order valence-corrected chi connectivity index (χ3v) is 8.07. The molecule has 4 rings (SSSR count). The Morgan fingerprint density at radius 3 is 2.30 bits per heavy atom. The number of imidazole rings is 1. The Hall–Kier alpha value is -3.18. The second kappa shape index (κ2) is 14.3. The predicted octanol–water partition coefficient (Wildman–Crippen LogP) is 8.27. The molecule has 0 radical (unpaired) electrons. The monoisotopic (exact) mass is 657 g/mol. The van der Waals surface area contributed by atoms with Crippen molar-refractivity contribution in [3.8, 4) is 0 Å². The Labute approximate surface area is 266 Å². The van der Waals surface area contributed by atoms with Gasteiger partial charge in [-0.1, -0.05) is 63.9 Å². The van der Waals surface area contributed by atoms with Crippen molar-refractivity contribution in [1.82, 2.24) is 14.9 Å². The van der Waals surface area contributed by atoms with Crippen LogP contribution >= 0.6 is 23.2 Å². The fourth-order valence-corrected chi connectivity index (χ4v) is 5.35. The molecule has 2 heterocycles. The summed E-state index contributed by atoms with van der Waals surface area (Å²) in [4.78, 5) is 31.7. The number of amides is 1. The summed E-state index contributed by atoms with van der Waals surface area (Å²) in [5.74, 6) is -1.71. The number of nitrogens with zero attached hydrogens (tertiary/aromatic N) is 3. The highest BCUT2D eigenvalue weighted by Gasteiger charge is 2.41. The molecule has 1 saturated heterocycles. The van der Waals surface area contributed by atoms with Crippen LogP contribution in [0.25, 0.3) is 11.0 Å². The van der Waals surface area contributed by atoms with Crippen molar-refractivity contribution in [3.05, 3.63) is 45.4 Å². The van der Waals surface area contributed by atoms with Crippen LogP contribution in [-0.4, -0.2) is 47.3 Å². The zero-order valence-electron chi connectivity index (χ0n) is 26.1. The van der Waals surface area contributed by atoms with Gasteiger partial charge in [0.1, 0.15) is 0 Å². The molecular weight excluding hydrogens is 618 g/mol. The molecule has 0 saturated carbocycles. The molecular formula is C31H40Cl2F3N5O3. The highest BCUT2D eigenvalue weighted by molar-refractivity contribution is 6.39. The first-order chi connectivity index (χ1) is 20.6. The molecule has 8 nitrogen and oxygen atoms in total. The molecule has 1 aromatic heterocycles. The van der Waals surface area contributed by atoms with Crippen LogP contribution in [0.5, 0.6) is 0 Å². The molecule has 0 spiro atoms. The van der Waals surface area contributed by atoms with Gasteiger partial charge in [-0.15, -0.1) is 0 Å². The summed E-state index contributed by atoms with van der Waals surface area (Å²) in [6.07, 6.45) is -4.38. The Kier molecular flexibility index (Phi) is 11.5. The topological polar surface area (TPSA) is 88.5 Å². The Balaban J connectivity index is 0.00000259. The number of nitrogens with one attached hydrogen (secondary N) is 2. The van der Waals surface area contributed by atoms with E-state index >= 15 is 0 Å². The minimum Gasteiger partial charge on any atom is -0.462 e. The molecule has 0 atom stereocenters. The van der Waals surface area contributed by atoms with Gasteiger partial charge in [-0.05, 0) is 43.5 Å². The quantitative estimate of drug-likeness (QED) is 0.249. The lowest BCUT2D eigenvalue weighted by atomic mass is 9.95. The van der Waals surface area contributed by atoms with Gasteiger partial charge in [0.15, 0.2) is 0 Å². The van der Waals surface area contributed by atoms with Crippen LogP contribution in [0.15, 0.2) is 24.3 Å². The zero-order chi connectivity index (χ0) is 33.0. The molecule has 0 unspecified atom stereocenters. The van der Waals surface area contributed by atoms with Gasteiger partial charge in [0.05, 0.1) is 50.5 Å². The highest BCUT2D eigenvalue weighted by Crippen LogP contribution is 2.39. The van der Waals surface area contributed by atoms with E-state index in [0.717, 1.165) is 0 Å². The second-order valence-corrected chi connectivity index (χ2v) is 12.1. The predicted molar refractivity (Wildman–Crippen MR) is 170 cm³/mol. The molecule has 0 aliphatic carbocycles. The first kappa shape index (κ1) is 35.3. The third-order valence-electron chi connectivity index (χ3n) is 7.32. The van der Waals surface area contributed by atoms with E-state index in [1.807, 2.05) is 34.6 Å².